The van der Waals surface area contributed by atoms with Crippen molar-refractivity contribution in [1.29, 1.82) is 0 Å². The van der Waals surface area contributed by atoms with Gasteiger partial charge in [-0.25, -0.2) is 0 Å². The molecule has 0 fully saturated rings. The second-order valence-corrected chi connectivity index (χ2v) is 15.7. The minimum Gasteiger partial charge on any atom is -0.456 e. The Labute approximate surface area is 302 Å². The van der Waals surface area contributed by atoms with E-state index >= 15 is 0 Å². The Morgan fingerprint density at radius 2 is 0.942 bits per heavy atom. The number of aryl methyl sites for hydroxylation is 1. The molecule has 3 heteroatoms. The molecule has 2 aliphatic carbocycles. The van der Waals surface area contributed by atoms with Crippen molar-refractivity contribution >= 4 is 60.9 Å². The topological polar surface area (TPSA) is 29.5 Å². The molecular formula is C49H37NO2. The first-order chi connectivity index (χ1) is 25.2. The number of rotatable bonds is 3. The SMILES string of the molecule is Cc1cc2c(c3c1oc1ccccc13)-c1cc3c(cc1C2(C)C)-c1c(cc(N(c2ccccc2)c2ccccc2)c2c1oc1ccccc12)C3(C)C. The molecule has 250 valence electrons. The Morgan fingerprint density at radius 1 is 0.462 bits per heavy atom. The quantitative estimate of drug-likeness (QED) is 0.187. The smallest absolute Gasteiger partial charge is 0.145 e. The third-order valence-corrected chi connectivity index (χ3v) is 12.1. The van der Waals surface area contributed by atoms with Crippen molar-refractivity contribution in [3.05, 3.63) is 161 Å². The summed E-state index contributed by atoms with van der Waals surface area (Å²) in [5, 5.41) is 4.67. The Balaban J connectivity index is 1.24. The minimum absolute atomic E-state index is 0.200. The summed E-state index contributed by atoms with van der Waals surface area (Å²) in [7, 11) is 0. The third kappa shape index (κ3) is 3.70. The Bertz CT molecular complexity index is 2920. The molecule has 0 unspecified atom stereocenters. The number of nitrogens with zero attached hydrogens (tertiary/aromatic N) is 1. The van der Waals surface area contributed by atoms with Gasteiger partial charge in [0.25, 0.3) is 0 Å². The van der Waals surface area contributed by atoms with Crippen molar-refractivity contribution in [3.8, 4) is 22.3 Å². The van der Waals surface area contributed by atoms with Gasteiger partial charge in [-0.3, -0.25) is 0 Å². The van der Waals surface area contributed by atoms with E-state index in [1.807, 2.05) is 0 Å². The third-order valence-electron chi connectivity index (χ3n) is 12.1. The number of para-hydroxylation sites is 4. The van der Waals surface area contributed by atoms with Gasteiger partial charge in [-0.05, 0) is 106 Å². The van der Waals surface area contributed by atoms with Crippen LogP contribution in [0.4, 0.5) is 17.1 Å². The predicted molar refractivity (Wildman–Crippen MR) is 216 cm³/mol. The lowest BCUT2D eigenvalue weighted by Gasteiger charge is -2.29. The summed E-state index contributed by atoms with van der Waals surface area (Å²) in [5.74, 6) is 0. The van der Waals surface area contributed by atoms with Gasteiger partial charge in [-0.15, -0.1) is 0 Å². The summed E-state index contributed by atoms with van der Waals surface area (Å²) in [5.41, 5.74) is 18.2. The summed E-state index contributed by atoms with van der Waals surface area (Å²) in [6, 6.07) is 48.2. The van der Waals surface area contributed by atoms with Crippen molar-refractivity contribution in [2.75, 3.05) is 4.90 Å². The Hall–Kier alpha value is -6.06. The van der Waals surface area contributed by atoms with Crippen LogP contribution in [0.1, 0.15) is 55.5 Å². The predicted octanol–water partition coefficient (Wildman–Crippen LogP) is 13.9. The van der Waals surface area contributed by atoms with Crippen molar-refractivity contribution in [2.24, 2.45) is 0 Å². The summed E-state index contributed by atoms with van der Waals surface area (Å²) < 4.78 is 13.6. The van der Waals surface area contributed by atoms with E-state index in [4.69, 9.17) is 8.83 Å². The van der Waals surface area contributed by atoms with E-state index < -0.39 is 0 Å². The first kappa shape index (κ1) is 29.6. The van der Waals surface area contributed by atoms with Crippen LogP contribution in [0.25, 0.3) is 66.1 Å². The standard InChI is InChI=1S/C49H37NO2/c1-28-24-37-42(45-32-21-13-15-23-41(32)51-46(28)45)33-25-36-34(26-35(33)48(37,2)3)43-38(49(36,4)5)27-39(44-31-20-12-14-22-40(31)52-47(43)44)50(29-16-8-6-9-17-29)30-18-10-7-11-19-30/h6-27H,1-5H3. The zero-order valence-electron chi connectivity index (χ0n) is 30.0. The van der Waals surface area contributed by atoms with E-state index in [2.05, 4.69) is 173 Å². The molecule has 0 amide bonds. The highest BCUT2D eigenvalue weighted by molar-refractivity contribution is 6.20. The van der Waals surface area contributed by atoms with Crippen LogP contribution >= 0.6 is 0 Å². The molecule has 0 bridgehead atoms. The molecule has 0 N–H and O–H groups in total. The van der Waals surface area contributed by atoms with Gasteiger partial charge in [0.05, 0.1) is 11.1 Å². The number of hydrogen-bond acceptors (Lipinski definition) is 3. The van der Waals surface area contributed by atoms with Crippen LogP contribution in [-0.4, -0.2) is 0 Å². The molecule has 52 heavy (non-hydrogen) atoms. The number of fused-ring (bicyclic) bond motifs is 14. The maximum Gasteiger partial charge on any atom is 0.145 e. The highest BCUT2D eigenvalue weighted by atomic mass is 16.3. The van der Waals surface area contributed by atoms with Crippen LogP contribution in [0.3, 0.4) is 0 Å². The van der Waals surface area contributed by atoms with Crippen LogP contribution in [0.5, 0.6) is 0 Å². The van der Waals surface area contributed by atoms with Gasteiger partial charge >= 0.3 is 0 Å². The molecule has 0 aliphatic heterocycles. The number of hydrogen-bond donors (Lipinski definition) is 0. The van der Waals surface area contributed by atoms with Crippen LogP contribution in [0.2, 0.25) is 0 Å². The van der Waals surface area contributed by atoms with Crippen molar-refractivity contribution in [3.63, 3.8) is 0 Å². The van der Waals surface area contributed by atoms with E-state index in [0.717, 1.165) is 50.2 Å². The van der Waals surface area contributed by atoms with Gasteiger partial charge < -0.3 is 13.7 Å². The maximum atomic E-state index is 7.01. The molecular weight excluding hydrogens is 635 g/mol. The van der Waals surface area contributed by atoms with Gasteiger partial charge in [0.15, 0.2) is 0 Å². The van der Waals surface area contributed by atoms with Crippen molar-refractivity contribution in [1.82, 2.24) is 0 Å². The first-order valence-corrected chi connectivity index (χ1v) is 18.3. The lowest BCUT2D eigenvalue weighted by atomic mass is 9.79. The van der Waals surface area contributed by atoms with Crippen molar-refractivity contribution < 1.29 is 8.83 Å². The minimum atomic E-state index is -0.296. The summed E-state index contributed by atoms with van der Waals surface area (Å²) in [4.78, 5) is 2.39. The summed E-state index contributed by atoms with van der Waals surface area (Å²) in [6.45, 7) is 11.7. The number of benzene rings is 7. The monoisotopic (exact) mass is 671 g/mol. The fourth-order valence-electron chi connectivity index (χ4n) is 9.57. The second-order valence-electron chi connectivity index (χ2n) is 15.7. The zero-order chi connectivity index (χ0) is 35.1. The van der Waals surface area contributed by atoms with Gasteiger partial charge in [0.1, 0.15) is 22.3 Å². The Morgan fingerprint density at radius 3 is 1.54 bits per heavy atom. The summed E-state index contributed by atoms with van der Waals surface area (Å²) >= 11 is 0. The molecule has 0 atom stereocenters. The van der Waals surface area contributed by atoms with Gasteiger partial charge in [-0.2, -0.15) is 0 Å². The fraction of sp³-hybridized carbons (Fsp3) is 0.143. The molecule has 2 aliphatic rings. The van der Waals surface area contributed by atoms with Crippen LogP contribution < -0.4 is 4.90 Å². The van der Waals surface area contributed by atoms with Gasteiger partial charge in [0.2, 0.25) is 0 Å². The van der Waals surface area contributed by atoms with Crippen LogP contribution in [0, 0.1) is 6.92 Å². The molecule has 0 saturated carbocycles. The molecule has 3 nitrogen and oxygen atoms in total. The molecule has 7 aromatic carbocycles. The molecule has 11 rings (SSSR count). The average Bonchev–Trinajstić information content (AvgIpc) is 3.86. The highest BCUT2D eigenvalue weighted by Crippen LogP contribution is 2.61. The average molecular weight is 672 g/mol. The summed E-state index contributed by atoms with van der Waals surface area (Å²) in [6.07, 6.45) is 0. The lowest BCUT2D eigenvalue weighted by Crippen LogP contribution is -2.17. The molecule has 2 aromatic heterocycles. The molecule has 9 aromatic rings. The molecule has 0 saturated heterocycles. The fourth-order valence-corrected chi connectivity index (χ4v) is 9.57. The van der Waals surface area contributed by atoms with E-state index in [9.17, 15) is 0 Å². The van der Waals surface area contributed by atoms with E-state index in [0.29, 0.717) is 0 Å². The second kappa shape index (κ2) is 10.0. The number of furan rings is 2. The molecule has 0 radical (unpaired) electrons. The van der Waals surface area contributed by atoms with Gasteiger partial charge in [0, 0.05) is 43.9 Å². The highest BCUT2D eigenvalue weighted by Gasteiger charge is 2.45. The van der Waals surface area contributed by atoms with Crippen molar-refractivity contribution in [2.45, 2.75) is 45.4 Å². The molecule has 2 heterocycles. The van der Waals surface area contributed by atoms with Crippen LogP contribution in [0.15, 0.2) is 142 Å². The lowest BCUT2D eigenvalue weighted by molar-refractivity contribution is 0.648. The maximum absolute atomic E-state index is 7.01. The first-order valence-electron chi connectivity index (χ1n) is 18.3. The van der Waals surface area contributed by atoms with E-state index in [-0.39, 0.29) is 10.8 Å². The van der Waals surface area contributed by atoms with E-state index in [1.54, 1.807) is 0 Å². The number of anilines is 3. The normalized spacial score (nSPS) is 14.9. The molecule has 0 spiro atoms. The largest absolute Gasteiger partial charge is 0.456 e. The zero-order valence-corrected chi connectivity index (χ0v) is 30.0. The van der Waals surface area contributed by atoms with E-state index in [1.165, 1.54) is 60.8 Å². The van der Waals surface area contributed by atoms with Gasteiger partial charge in [-0.1, -0.05) is 107 Å². The van der Waals surface area contributed by atoms with Crippen LogP contribution in [-0.2, 0) is 10.8 Å². The Kier molecular flexibility index (Phi) is 5.73.